The van der Waals surface area contributed by atoms with Gasteiger partial charge in [-0.05, 0) is 38.8 Å². The molecule has 0 amide bonds. The number of fused-ring (bicyclic) bond motifs is 2. The van der Waals surface area contributed by atoms with E-state index in [1.54, 1.807) is 0 Å². The van der Waals surface area contributed by atoms with Crippen molar-refractivity contribution in [3.8, 4) is 11.5 Å². The van der Waals surface area contributed by atoms with Crippen LogP contribution < -0.4 is 14.8 Å². The van der Waals surface area contributed by atoms with Gasteiger partial charge in [-0.25, -0.2) is 4.98 Å². The van der Waals surface area contributed by atoms with Gasteiger partial charge in [-0.3, -0.25) is 0 Å². The van der Waals surface area contributed by atoms with Crippen LogP contribution in [-0.4, -0.2) is 28.8 Å². The molecule has 0 bridgehead atoms. The first-order valence-corrected chi connectivity index (χ1v) is 9.41. The molecule has 0 saturated carbocycles. The van der Waals surface area contributed by atoms with Gasteiger partial charge in [0.05, 0.1) is 6.61 Å². The standard InChI is InChI=1S/C20H27N3O2/c1-3-24-18-10-16-9-14(2)25-19(16)11-17(18)13-21-12-15-5-4-7-23-8-6-22-20(15)23/h6,8,10-11,14-15,21H,3-5,7,9,12-13H2,1-2H3/t14-,15-/m0/s1. The predicted octanol–water partition coefficient (Wildman–Crippen LogP) is 3.27. The Bertz CT molecular complexity index is 741. The summed E-state index contributed by atoms with van der Waals surface area (Å²) in [4.78, 5) is 4.54. The zero-order valence-corrected chi connectivity index (χ0v) is 15.1. The minimum Gasteiger partial charge on any atom is -0.494 e. The number of rotatable bonds is 6. The highest BCUT2D eigenvalue weighted by Crippen LogP contribution is 2.35. The number of aryl methyl sites for hydroxylation is 1. The zero-order valence-electron chi connectivity index (χ0n) is 15.1. The predicted molar refractivity (Wildman–Crippen MR) is 97.3 cm³/mol. The molecule has 4 rings (SSSR count). The van der Waals surface area contributed by atoms with Crippen LogP contribution in [0.2, 0.25) is 0 Å². The normalized spacial score (nSPS) is 21.5. The second-order valence-corrected chi connectivity index (χ2v) is 7.08. The SMILES string of the molecule is CCOc1cc2c(cc1CNC[C@@H]1CCCn3ccnc31)O[C@@H](C)C2. The van der Waals surface area contributed by atoms with E-state index in [0.717, 1.165) is 37.6 Å². The molecule has 1 N–H and O–H groups in total. The van der Waals surface area contributed by atoms with Gasteiger partial charge in [-0.15, -0.1) is 0 Å². The highest BCUT2D eigenvalue weighted by atomic mass is 16.5. The van der Waals surface area contributed by atoms with Crippen molar-refractivity contribution in [2.45, 2.75) is 58.2 Å². The van der Waals surface area contributed by atoms with Gasteiger partial charge in [0.1, 0.15) is 23.4 Å². The van der Waals surface area contributed by atoms with E-state index in [4.69, 9.17) is 9.47 Å². The Balaban J connectivity index is 1.44. The van der Waals surface area contributed by atoms with Crippen molar-refractivity contribution in [3.63, 3.8) is 0 Å². The molecule has 2 atom stereocenters. The van der Waals surface area contributed by atoms with Crippen molar-refractivity contribution < 1.29 is 9.47 Å². The summed E-state index contributed by atoms with van der Waals surface area (Å²) in [7, 11) is 0. The lowest BCUT2D eigenvalue weighted by Gasteiger charge is -2.24. The van der Waals surface area contributed by atoms with E-state index < -0.39 is 0 Å². The number of nitrogens with zero attached hydrogens (tertiary/aromatic N) is 2. The maximum Gasteiger partial charge on any atom is 0.124 e. The summed E-state index contributed by atoms with van der Waals surface area (Å²) in [6.07, 6.45) is 7.66. The number of imidazole rings is 1. The first-order chi connectivity index (χ1) is 12.2. The Labute approximate surface area is 149 Å². The van der Waals surface area contributed by atoms with Crippen LogP contribution in [0.4, 0.5) is 0 Å². The molecule has 0 spiro atoms. The first kappa shape index (κ1) is 16.5. The molecule has 1 aromatic heterocycles. The summed E-state index contributed by atoms with van der Waals surface area (Å²) in [5.74, 6) is 3.71. The minimum absolute atomic E-state index is 0.258. The smallest absolute Gasteiger partial charge is 0.124 e. The Hall–Kier alpha value is -2.01. The second-order valence-electron chi connectivity index (χ2n) is 7.08. The summed E-state index contributed by atoms with van der Waals surface area (Å²) in [6, 6.07) is 4.31. The zero-order chi connectivity index (χ0) is 17.2. The molecule has 5 nitrogen and oxygen atoms in total. The van der Waals surface area contributed by atoms with E-state index in [2.05, 4.69) is 40.1 Å². The van der Waals surface area contributed by atoms with Crippen LogP contribution in [0.25, 0.3) is 0 Å². The van der Waals surface area contributed by atoms with E-state index in [1.807, 2.05) is 13.1 Å². The van der Waals surface area contributed by atoms with Crippen molar-refractivity contribution in [2.24, 2.45) is 0 Å². The molecule has 25 heavy (non-hydrogen) atoms. The molecule has 5 heteroatoms. The number of hydrogen-bond acceptors (Lipinski definition) is 4. The molecule has 134 valence electrons. The van der Waals surface area contributed by atoms with E-state index in [9.17, 15) is 0 Å². The van der Waals surface area contributed by atoms with Crippen molar-refractivity contribution in [1.29, 1.82) is 0 Å². The van der Waals surface area contributed by atoms with Crippen molar-refractivity contribution in [1.82, 2.24) is 14.9 Å². The van der Waals surface area contributed by atoms with Gasteiger partial charge in [0, 0.05) is 55.5 Å². The van der Waals surface area contributed by atoms with Gasteiger partial charge in [0.2, 0.25) is 0 Å². The fraction of sp³-hybridized carbons (Fsp3) is 0.550. The summed E-state index contributed by atoms with van der Waals surface area (Å²) < 4.78 is 14.1. The number of ether oxygens (including phenoxy) is 2. The van der Waals surface area contributed by atoms with E-state index >= 15 is 0 Å². The number of nitrogens with one attached hydrogen (secondary N) is 1. The summed E-state index contributed by atoms with van der Waals surface area (Å²) in [5.41, 5.74) is 2.43. The molecule has 2 aliphatic rings. The van der Waals surface area contributed by atoms with Gasteiger partial charge in [0.25, 0.3) is 0 Å². The summed E-state index contributed by atoms with van der Waals surface area (Å²) in [6.45, 7) is 7.66. The lowest BCUT2D eigenvalue weighted by molar-refractivity contribution is 0.254. The molecule has 0 saturated heterocycles. The molecular weight excluding hydrogens is 314 g/mol. The second kappa shape index (κ2) is 7.08. The molecule has 1 aromatic carbocycles. The molecular formula is C20H27N3O2. The Morgan fingerprint density at radius 1 is 1.40 bits per heavy atom. The van der Waals surface area contributed by atoms with Crippen LogP contribution in [-0.2, 0) is 19.5 Å². The fourth-order valence-corrected chi connectivity index (χ4v) is 3.99. The highest BCUT2D eigenvalue weighted by Gasteiger charge is 2.23. The highest BCUT2D eigenvalue weighted by molar-refractivity contribution is 5.48. The third kappa shape index (κ3) is 3.38. The number of benzene rings is 1. The van der Waals surface area contributed by atoms with Crippen molar-refractivity contribution >= 4 is 0 Å². The van der Waals surface area contributed by atoms with Crippen LogP contribution in [0.15, 0.2) is 24.5 Å². The maximum atomic E-state index is 5.92. The third-order valence-electron chi connectivity index (χ3n) is 5.15. The fourth-order valence-electron chi connectivity index (χ4n) is 3.99. The molecule has 2 aliphatic heterocycles. The van der Waals surface area contributed by atoms with Gasteiger partial charge in [-0.2, -0.15) is 0 Å². The molecule has 0 aliphatic carbocycles. The van der Waals surface area contributed by atoms with E-state index in [-0.39, 0.29) is 6.10 Å². The summed E-state index contributed by atoms with van der Waals surface area (Å²) in [5, 5.41) is 3.61. The average Bonchev–Trinajstić information content (AvgIpc) is 3.21. The topological polar surface area (TPSA) is 48.3 Å². The molecule has 0 radical (unpaired) electrons. The molecule has 2 aromatic rings. The van der Waals surface area contributed by atoms with Gasteiger partial charge >= 0.3 is 0 Å². The summed E-state index contributed by atoms with van der Waals surface area (Å²) >= 11 is 0. The average molecular weight is 341 g/mol. The lowest BCUT2D eigenvalue weighted by Crippen LogP contribution is -2.26. The quantitative estimate of drug-likeness (QED) is 0.876. The lowest BCUT2D eigenvalue weighted by atomic mass is 9.98. The Morgan fingerprint density at radius 3 is 3.20 bits per heavy atom. The first-order valence-electron chi connectivity index (χ1n) is 9.41. The van der Waals surface area contributed by atoms with E-state index in [0.29, 0.717) is 12.5 Å². The van der Waals surface area contributed by atoms with Crippen molar-refractivity contribution in [3.05, 3.63) is 41.5 Å². The van der Waals surface area contributed by atoms with Crippen molar-refractivity contribution in [2.75, 3.05) is 13.2 Å². The van der Waals surface area contributed by atoms with Crippen LogP contribution in [0.5, 0.6) is 11.5 Å². The molecule has 3 heterocycles. The maximum absolute atomic E-state index is 5.92. The van der Waals surface area contributed by atoms with Crippen LogP contribution in [0.3, 0.4) is 0 Å². The largest absolute Gasteiger partial charge is 0.494 e. The van der Waals surface area contributed by atoms with Gasteiger partial charge in [-0.1, -0.05) is 0 Å². The van der Waals surface area contributed by atoms with Gasteiger partial charge < -0.3 is 19.4 Å². The molecule has 0 unspecified atom stereocenters. The Morgan fingerprint density at radius 2 is 2.32 bits per heavy atom. The van der Waals surface area contributed by atoms with Crippen LogP contribution in [0, 0.1) is 0 Å². The monoisotopic (exact) mass is 341 g/mol. The minimum atomic E-state index is 0.258. The number of aromatic nitrogens is 2. The van der Waals surface area contributed by atoms with Crippen LogP contribution >= 0.6 is 0 Å². The third-order valence-corrected chi connectivity index (χ3v) is 5.15. The van der Waals surface area contributed by atoms with Crippen LogP contribution in [0.1, 0.15) is 49.6 Å². The Kier molecular flexibility index (Phi) is 4.66. The van der Waals surface area contributed by atoms with E-state index in [1.165, 1.54) is 29.8 Å². The number of hydrogen-bond donors (Lipinski definition) is 1. The molecule has 0 fully saturated rings. The van der Waals surface area contributed by atoms with Gasteiger partial charge in [0.15, 0.2) is 0 Å².